The molecule has 2 N–H and O–H groups in total. The molecule has 31 heavy (non-hydrogen) atoms. The molecule has 8 nitrogen and oxygen atoms in total. The zero-order valence-corrected chi connectivity index (χ0v) is 18.1. The Bertz CT molecular complexity index is 1310. The van der Waals surface area contributed by atoms with E-state index in [0.29, 0.717) is 24.1 Å². The quantitative estimate of drug-likeness (QED) is 0.611. The summed E-state index contributed by atoms with van der Waals surface area (Å²) >= 11 is 0. The normalized spacial score (nSPS) is 13.2. The average Bonchev–Trinajstić information content (AvgIpc) is 3.33. The summed E-state index contributed by atoms with van der Waals surface area (Å²) in [5, 5.41) is 10.2. The van der Waals surface area contributed by atoms with Crippen molar-refractivity contribution in [3.63, 3.8) is 0 Å². The average molecular weight is 442 g/mol. The van der Waals surface area contributed by atoms with Crippen LogP contribution in [0.2, 0.25) is 0 Å². The van der Waals surface area contributed by atoms with Gasteiger partial charge in [-0.05, 0) is 66.8 Å². The van der Waals surface area contributed by atoms with Crippen molar-refractivity contribution >= 4 is 38.5 Å². The first-order valence-electron chi connectivity index (χ1n) is 9.86. The van der Waals surface area contributed by atoms with Crippen molar-refractivity contribution in [1.82, 2.24) is 9.47 Å². The molecule has 0 atom stereocenters. The highest BCUT2D eigenvalue weighted by molar-refractivity contribution is 7.92. The summed E-state index contributed by atoms with van der Waals surface area (Å²) in [5.74, 6) is -1.20. The predicted molar refractivity (Wildman–Crippen MR) is 117 cm³/mol. The molecule has 3 aromatic rings. The Labute approximate surface area is 180 Å². The Morgan fingerprint density at radius 3 is 2.61 bits per heavy atom. The predicted octanol–water partition coefficient (Wildman–Crippen LogP) is 2.72. The van der Waals surface area contributed by atoms with E-state index in [0.717, 1.165) is 22.9 Å². The lowest BCUT2D eigenvalue weighted by atomic mass is 10.1. The van der Waals surface area contributed by atoms with E-state index in [1.165, 1.54) is 11.0 Å². The number of amides is 1. The smallest absolute Gasteiger partial charge is 0.335 e. The number of aromatic carboxylic acids is 1. The summed E-state index contributed by atoms with van der Waals surface area (Å²) in [7, 11) is -0.585. The number of sulfonamides is 1. The summed E-state index contributed by atoms with van der Waals surface area (Å²) in [5.41, 5.74) is 2.62. The van der Waals surface area contributed by atoms with Crippen molar-refractivity contribution < 1.29 is 23.1 Å². The van der Waals surface area contributed by atoms with Gasteiger partial charge < -0.3 is 14.6 Å². The number of likely N-dealkylation sites (N-methyl/N-ethyl adjacent to an activating group) is 1. The van der Waals surface area contributed by atoms with Crippen LogP contribution in [0, 0.1) is 0 Å². The lowest BCUT2D eigenvalue weighted by Gasteiger charge is -2.14. The van der Waals surface area contributed by atoms with E-state index >= 15 is 0 Å². The Morgan fingerprint density at radius 1 is 1.13 bits per heavy atom. The Kier molecular flexibility index (Phi) is 5.22. The van der Waals surface area contributed by atoms with Crippen LogP contribution in [0.15, 0.2) is 47.5 Å². The number of nitrogens with zero attached hydrogens (tertiary/aromatic N) is 2. The highest BCUT2D eigenvalue weighted by Gasteiger charge is 2.26. The maximum atomic E-state index is 13.1. The maximum absolute atomic E-state index is 13.1. The second-order valence-corrected chi connectivity index (χ2v) is 9.53. The van der Waals surface area contributed by atoms with Gasteiger partial charge in [0.1, 0.15) is 6.54 Å². The van der Waals surface area contributed by atoms with E-state index < -0.39 is 16.0 Å². The van der Waals surface area contributed by atoms with Crippen molar-refractivity contribution in [2.75, 3.05) is 18.8 Å². The zero-order chi connectivity index (χ0) is 22.3. The third kappa shape index (κ3) is 4.00. The van der Waals surface area contributed by atoms with Gasteiger partial charge in [-0.15, -0.1) is 0 Å². The molecule has 0 unspecified atom stereocenters. The van der Waals surface area contributed by atoms with Gasteiger partial charge in [0.25, 0.3) is 10.0 Å². The van der Waals surface area contributed by atoms with E-state index in [2.05, 4.69) is 4.72 Å². The number of carboxylic acids is 1. The second-order valence-electron chi connectivity index (χ2n) is 7.88. The van der Waals surface area contributed by atoms with Gasteiger partial charge in [-0.1, -0.05) is 0 Å². The van der Waals surface area contributed by atoms with Gasteiger partial charge in [0.15, 0.2) is 0 Å². The molecule has 0 fully saturated rings. The van der Waals surface area contributed by atoms with Gasteiger partial charge in [0, 0.05) is 36.9 Å². The van der Waals surface area contributed by atoms with Gasteiger partial charge in [0.2, 0.25) is 5.91 Å². The molecule has 0 saturated heterocycles. The summed E-state index contributed by atoms with van der Waals surface area (Å²) in [6.45, 7) is 0.190. The third-order valence-corrected chi connectivity index (χ3v) is 6.99. The number of anilines is 1. The number of aromatic nitrogens is 1. The Morgan fingerprint density at radius 2 is 1.90 bits per heavy atom. The lowest BCUT2D eigenvalue weighted by Crippen LogP contribution is -2.25. The SMILES string of the molecule is CN(C)C(=O)Cn1ccc2cc(NS(=O)(=O)c3cc(C(=O)O)cc4c3CCC4)ccc21. The molecule has 4 rings (SSSR count). The summed E-state index contributed by atoms with van der Waals surface area (Å²) < 4.78 is 30.7. The van der Waals surface area contributed by atoms with Crippen LogP contribution in [-0.4, -0.2) is 49.0 Å². The largest absolute Gasteiger partial charge is 0.478 e. The van der Waals surface area contributed by atoms with Crippen LogP contribution in [0.5, 0.6) is 0 Å². The number of carboxylic acid groups (broad SMARTS) is 1. The fourth-order valence-corrected chi connectivity index (χ4v) is 5.31. The molecule has 1 aliphatic rings. The van der Waals surface area contributed by atoms with Gasteiger partial charge in [-0.2, -0.15) is 0 Å². The van der Waals surface area contributed by atoms with Crippen LogP contribution < -0.4 is 4.72 Å². The second kappa shape index (κ2) is 7.73. The number of aryl methyl sites for hydroxylation is 1. The molecule has 0 spiro atoms. The van der Waals surface area contributed by atoms with E-state index in [1.807, 2.05) is 6.07 Å². The van der Waals surface area contributed by atoms with Crippen LogP contribution in [-0.2, 0) is 34.2 Å². The van der Waals surface area contributed by atoms with Crippen molar-refractivity contribution in [2.45, 2.75) is 30.7 Å². The molecule has 0 bridgehead atoms. The fraction of sp³-hybridized carbons (Fsp3) is 0.273. The zero-order valence-electron chi connectivity index (χ0n) is 17.3. The van der Waals surface area contributed by atoms with E-state index in [1.54, 1.807) is 49.1 Å². The van der Waals surface area contributed by atoms with Gasteiger partial charge in [0.05, 0.1) is 10.5 Å². The number of nitrogens with one attached hydrogen (secondary N) is 1. The first-order valence-corrected chi connectivity index (χ1v) is 11.3. The lowest BCUT2D eigenvalue weighted by molar-refractivity contribution is -0.129. The standard InChI is InChI=1S/C22H23N3O5S/c1-24(2)21(26)13-25-9-8-15-11-17(6-7-19(15)25)23-31(29,30)20-12-16(22(27)28)10-14-4-3-5-18(14)20/h6-12,23H,3-5,13H2,1-2H3,(H,27,28). The molecular formula is C22H23N3O5S. The number of benzene rings is 2. The molecule has 1 aliphatic carbocycles. The monoisotopic (exact) mass is 441 g/mol. The molecule has 2 aromatic carbocycles. The van der Waals surface area contributed by atoms with Crippen LogP contribution >= 0.6 is 0 Å². The molecule has 0 aliphatic heterocycles. The Balaban J connectivity index is 1.66. The highest BCUT2D eigenvalue weighted by atomic mass is 32.2. The minimum absolute atomic E-state index is 0.0224. The first kappa shape index (κ1) is 20.9. The van der Waals surface area contributed by atoms with Crippen LogP contribution in [0.3, 0.4) is 0 Å². The van der Waals surface area contributed by atoms with Crippen molar-refractivity contribution in [3.05, 3.63) is 59.3 Å². The topological polar surface area (TPSA) is 109 Å². The van der Waals surface area contributed by atoms with Crippen LogP contribution in [0.25, 0.3) is 10.9 Å². The third-order valence-electron chi connectivity index (χ3n) is 5.54. The molecule has 162 valence electrons. The minimum atomic E-state index is -3.97. The maximum Gasteiger partial charge on any atom is 0.335 e. The number of carbonyl (C=O) groups is 2. The van der Waals surface area contributed by atoms with Crippen molar-refractivity contribution in [1.29, 1.82) is 0 Å². The molecular weight excluding hydrogens is 418 g/mol. The summed E-state index contributed by atoms with van der Waals surface area (Å²) in [6, 6.07) is 9.71. The number of carbonyl (C=O) groups excluding carboxylic acids is 1. The van der Waals surface area contributed by atoms with Gasteiger partial charge in [-0.3, -0.25) is 9.52 Å². The number of hydrogen-bond donors (Lipinski definition) is 2. The van der Waals surface area contributed by atoms with E-state index in [-0.39, 0.29) is 22.9 Å². The van der Waals surface area contributed by atoms with E-state index in [9.17, 15) is 23.1 Å². The number of rotatable bonds is 6. The number of hydrogen-bond acceptors (Lipinski definition) is 4. The molecule has 1 amide bonds. The first-order chi connectivity index (χ1) is 14.7. The molecule has 0 radical (unpaired) electrons. The van der Waals surface area contributed by atoms with Crippen LogP contribution in [0.4, 0.5) is 5.69 Å². The minimum Gasteiger partial charge on any atom is -0.478 e. The van der Waals surface area contributed by atoms with Gasteiger partial charge >= 0.3 is 5.97 Å². The van der Waals surface area contributed by atoms with Gasteiger partial charge in [-0.25, -0.2) is 13.2 Å². The molecule has 1 aromatic heterocycles. The molecule has 1 heterocycles. The highest BCUT2D eigenvalue weighted by Crippen LogP contribution is 2.32. The number of fused-ring (bicyclic) bond motifs is 2. The Hall–Kier alpha value is -3.33. The molecule has 0 saturated carbocycles. The fourth-order valence-electron chi connectivity index (χ4n) is 3.93. The summed E-state index contributed by atoms with van der Waals surface area (Å²) in [6.07, 6.45) is 3.86. The van der Waals surface area contributed by atoms with Crippen LogP contribution in [0.1, 0.15) is 27.9 Å². The van der Waals surface area contributed by atoms with Crippen molar-refractivity contribution in [2.24, 2.45) is 0 Å². The van der Waals surface area contributed by atoms with Crippen molar-refractivity contribution in [3.8, 4) is 0 Å². The summed E-state index contributed by atoms with van der Waals surface area (Å²) in [4.78, 5) is 25.0. The molecule has 9 heteroatoms. The van der Waals surface area contributed by atoms with E-state index in [4.69, 9.17) is 0 Å².